The van der Waals surface area contributed by atoms with E-state index < -0.39 is 28.4 Å². The Morgan fingerprint density at radius 2 is 1.65 bits per heavy atom. The Bertz CT molecular complexity index is 512. The Morgan fingerprint density at radius 1 is 1.15 bits per heavy atom. The average Bonchev–Trinajstić information content (AvgIpc) is 2.32. The predicted octanol–water partition coefficient (Wildman–Crippen LogP) is -2.53. The molecule has 0 aliphatic carbocycles. The molecule has 0 bridgehead atoms. The van der Waals surface area contributed by atoms with Gasteiger partial charge in [-0.05, 0) is 30.7 Å². The van der Waals surface area contributed by atoms with Crippen LogP contribution >= 0.6 is 0 Å². The number of carboxylic acids is 1. The van der Waals surface area contributed by atoms with E-state index in [9.17, 15) is 17.8 Å². The molecule has 0 radical (unpaired) electrons. The molecule has 106 valence electrons. The molecule has 0 fully saturated rings. The van der Waals surface area contributed by atoms with E-state index in [1.807, 2.05) is 0 Å². The van der Waals surface area contributed by atoms with Gasteiger partial charge in [0.25, 0.3) is 0 Å². The van der Waals surface area contributed by atoms with Crippen molar-refractivity contribution >= 4 is 16.1 Å². The van der Waals surface area contributed by atoms with Crippen LogP contribution in [0.5, 0.6) is 11.5 Å². The first-order valence-corrected chi connectivity index (χ1v) is 6.95. The maximum Gasteiger partial charge on any atom is 1.00 e. The largest absolute Gasteiger partial charge is 1.00 e. The van der Waals surface area contributed by atoms with Crippen LogP contribution in [0, 0.1) is 0 Å². The van der Waals surface area contributed by atoms with Gasteiger partial charge in [0.15, 0.2) is 6.61 Å². The van der Waals surface area contributed by atoms with Gasteiger partial charge in [-0.2, -0.15) is 0 Å². The molecule has 20 heavy (non-hydrogen) atoms. The zero-order chi connectivity index (χ0) is 14.3. The van der Waals surface area contributed by atoms with Crippen molar-refractivity contribution in [3.63, 3.8) is 0 Å². The third kappa shape index (κ3) is 9.16. The van der Waals surface area contributed by atoms with E-state index >= 15 is 0 Å². The molecule has 0 spiro atoms. The second-order valence-electron chi connectivity index (χ2n) is 3.62. The molecule has 0 heterocycles. The Labute approximate surface area is 138 Å². The maximum atomic E-state index is 10.3. The number of carboxylic acid groups (broad SMARTS) is 1. The quantitative estimate of drug-likeness (QED) is 0.320. The first-order chi connectivity index (χ1) is 8.87. The van der Waals surface area contributed by atoms with E-state index in [1.54, 1.807) is 12.1 Å². The average molecular weight is 312 g/mol. The summed E-state index contributed by atoms with van der Waals surface area (Å²) >= 11 is 0. The predicted molar refractivity (Wildman–Crippen MR) is 64.2 cm³/mol. The standard InChI is InChI=1S/C11H14O7S.Na/c12-11(13)8-18-10-4-2-9(3-5-10)17-6-1-7-19(14,15)16;/h2-5H,1,6-8H2,(H,12,13)(H,14,15,16);/q;+1/p-1. The van der Waals surface area contributed by atoms with Gasteiger partial charge in [0.2, 0.25) is 0 Å². The van der Waals surface area contributed by atoms with Crippen LogP contribution in [0.1, 0.15) is 6.42 Å². The van der Waals surface area contributed by atoms with Crippen molar-refractivity contribution in [3.8, 4) is 11.5 Å². The van der Waals surface area contributed by atoms with E-state index in [0.717, 1.165) is 0 Å². The van der Waals surface area contributed by atoms with E-state index in [0.29, 0.717) is 11.5 Å². The number of ether oxygens (including phenoxy) is 2. The molecule has 7 nitrogen and oxygen atoms in total. The Balaban J connectivity index is 0.00000361. The van der Waals surface area contributed by atoms with Crippen molar-refractivity contribution in [2.24, 2.45) is 0 Å². The Hall–Kier alpha value is -0.800. The third-order valence-electron chi connectivity index (χ3n) is 1.99. The minimum Gasteiger partial charge on any atom is -0.748 e. The summed E-state index contributed by atoms with van der Waals surface area (Å²) in [5.41, 5.74) is 0. The third-order valence-corrected chi connectivity index (χ3v) is 2.78. The SMILES string of the molecule is O=C(O)COc1ccc(OCCCS(=O)(=O)[O-])cc1.[Na+]. The molecule has 0 aliphatic rings. The number of aliphatic carboxylic acids is 1. The molecule has 0 amide bonds. The molecule has 9 heteroatoms. The Morgan fingerprint density at radius 3 is 2.10 bits per heavy atom. The van der Waals surface area contributed by atoms with Crippen LogP contribution in [0.3, 0.4) is 0 Å². The van der Waals surface area contributed by atoms with E-state index in [1.165, 1.54) is 12.1 Å². The fourth-order valence-electron chi connectivity index (χ4n) is 1.20. The maximum absolute atomic E-state index is 10.3. The van der Waals surface area contributed by atoms with Crippen LogP contribution in [-0.4, -0.2) is 43.0 Å². The van der Waals surface area contributed by atoms with Gasteiger partial charge in [-0.25, -0.2) is 13.2 Å². The monoisotopic (exact) mass is 312 g/mol. The fraction of sp³-hybridized carbons (Fsp3) is 0.364. The van der Waals surface area contributed by atoms with Crippen molar-refractivity contribution in [2.75, 3.05) is 19.0 Å². The van der Waals surface area contributed by atoms with Gasteiger partial charge in [-0.15, -0.1) is 0 Å². The van der Waals surface area contributed by atoms with Crippen LogP contribution < -0.4 is 39.0 Å². The van der Waals surface area contributed by atoms with Crippen LogP contribution in [-0.2, 0) is 14.9 Å². The van der Waals surface area contributed by atoms with Crippen LogP contribution in [0.2, 0.25) is 0 Å². The Kier molecular flexibility index (Phi) is 8.83. The van der Waals surface area contributed by atoms with Crippen LogP contribution in [0.15, 0.2) is 24.3 Å². The summed E-state index contributed by atoms with van der Waals surface area (Å²) in [5.74, 6) is -0.672. The summed E-state index contributed by atoms with van der Waals surface area (Å²) in [6.45, 7) is -0.321. The normalized spacial score (nSPS) is 10.4. The zero-order valence-electron chi connectivity index (χ0n) is 10.9. The van der Waals surface area contributed by atoms with Gasteiger partial charge < -0.3 is 19.1 Å². The first kappa shape index (κ1) is 19.2. The molecule has 0 atom stereocenters. The van der Waals surface area contributed by atoms with Crippen LogP contribution in [0.4, 0.5) is 0 Å². The van der Waals surface area contributed by atoms with E-state index in [-0.39, 0.29) is 42.6 Å². The molecule has 0 aromatic heterocycles. The van der Waals surface area contributed by atoms with E-state index in [4.69, 9.17) is 14.6 Å². The first-order valence-electron chi connectivity index (χ1n) is 5.38. The molecule has 1 aromatic carbocycles. The molecule has 0 unspecified atom stereocenters. The summed E-state index contributed by atoms with van der Waals surface area (Å²) in [4.78, 5) is 10.3. The van der Waals surface area contributed by atoms with Crippen molar-refractivity contribution < 1.29 is 61.9 Å². The molecule has 0 saturated heterocycles. The zero-order valence-corrected chi connectivity index (χ0v) is 13.8. The number of hydrogen-bond donors (Lipinski definition) is 1. The minimum absolute atomic E-state index is 0. The van der Waals surface area contributed by atoms with Gasteiger partial charge in [0.1, 0.15) is 11.5 Å². The van der Waals surface area contributed by atoms with Gasteiger partial charge >= 0.3 is 35.5 Å². The van der Waals surface area contributed by atoms with Crippen molar-refractivity contribution in [1.29, 1.82) is 0 Å². The second kappa shape index (κ2) is 9.19. The van der Waals surface area contributed by atoms with E-state index in [2.05, 4.69) is 0 Å². The van der Waals surface area contributed by atoms with Gasteiger partial charge in [-0.3, -0.25) is 0 Å². The summed E-state index contributed by atoms with van der Waals surface area (Å²) in [5, 5.41) is 8.41. The fourth-order valence-corrected chi connectivity index (χ4v) is 1.67. The molecule has 0 saturated carbocycles. The number of hydrogen-bond acceptors (Lipinski definition) is 6. The molecular formula is C11H13NaO7S. The van der Waals surface area contributed by atoms with Gasteiger partial charge in [-0.1, -0.05) is 0 Å². The number of rotatable bonds is 8. The summed E-state index contributed by atoms with van der Waals surface area (Å²) in [7, 11) is -4.21. The van der Waals surface area contributed by atoms with Crippen molar-refractivity contribution in [1.82, 2.24) is 0 Å². The number of benzene rings is 1. The molecule has 1 aromatic rings. The van der Waals surface area contributed by atoms with Crippen molar-refractivity contribution in [3.05, 3.63) is 24.3 Å². The smallest absolute Gasteiger partial charge is 0.748 e. The molecule has 1 N–H and O–H groups in total. The van der Waals surface area contributed by atoms with Crippen LogP contribution in [0.25, 0.3) is 0 Å². The second-order valence-corrected chi connectivity index (χ2v) is 5.14. The van der Waals surface area contributed by atoms with Crippen molar-refractivity contribution in [2.45, 2.75) is 6.42 Å². The summed E-state index contributed by atoms with van der Waals surface area (Å²) in [6, 6.07) is 6.18. The molecular weight excluding hydrogens is 299 g/mol. The molecule has 0 aliphatic heterocycles. The topological polar surface area (TPSA) is 113 Å². The van der Waals surface area contributed by atoms with Gasteiger partial charge in [0.05, 0.1) is 16.7 Å². The summed E-state index contributed by atoms with van der Waals surface area (Å²) < 4.78 is 41.1. The number of carbonyl (C=O) groups is 1. The summed E-state index contributed by atoms with van der Waals surface area (Å²) in [6.07, 6.45) is 0.114. The van der Waals surface area contributed by atoms with Gasteiger partial charge in [0, 0.05) is 5.75 Å². The molecule has 1 rings (SSSR count). The minimum atomic E-state index is -4.21.